The van der Waals surface area contributed by atoms with Gasteiger partial charge in [0.25, 0.3) is 5.91 Å². The second kappa shape index (κ2) is 6.68. The van der Waals surface area contributed by atoms with Crippen LogP contribution in [0.2, 0.25) is 0 Å². The number of rotatable bonds is 3. The van der Waals surface area contributed by atoms with Gasteiger partial charge in [0.15, 0.2) is 0 Å². The molecule has 5 nitrogen and oxygen atoms in total. The molecule has 120 valence electrons. The number of benzene rings is 1. The van der Waals surface area contributed by atoms with Crippen molar-refractivity contribution < 1.29 is 13.6 Å². The Morgan fingerprint density at radius 1 is 1.04 bits per heavy atom. The number of aromatic nitrogens is 2. The Kier molecular flexibility index (Phi) is 4.45. The Morgan fingerprint density at radius 3 is 2.26 bits per heavy atom. The highest BCUT2D eigenvalue weighted by Crippen LogP contribution is 2.19. The van der Waals surface area contributed by atoms with Gasteiger partial charge in [-0.3, -0.25) is 4.79 Å². The van der Waals surface area contributed by atoms with E-state index in [1.165, 1.54) is 24.9 Å². The standard InChI is InChI=1S/C16H16F2N4O/c17-12-5-4-6-13(18)14(12)21-15(23)11-9-19-16(20-10-11)22-7-2-1-3-8-22/h4-6,9-10H,1-3,7-8H2,(H,21,23). The average molecular weight is 318 g/mol. The molecule has 2 aromatic rings. The highest BCUT2D eigenvalue weighted by atomic mass is 19.1. The zero-order chi connectivity index (χ0) is 16.2. The van der Waals surface area contributed by atoms with Crippen molar-refractivity contribution in [3.8, 4) is 0 Å². The maximum absolute atomic E-state index is 13.5. The van der Waals surface area contributed by atoms with E-state index in [0.717, 1.165) is 38.1 Å². The third kappa shape index (κ3) is 3.44. The monoisotopic (exact) mass is 318 g/mol. The molecule has 1 fully saturated rings. The van der Waals surface area contributed by atoms with Crippen molar-refractivity contribution in [2.75, 3.05) is 23.3 Å². The van der Waals surface area contributed by atoms with Crippen LogP contribution in [0.1, 0.15) is 29.6 Å². The van der Waals surface area contributed by atoms with Crippen LogP contribution in [0.3, 0.4) is 0 Å². The van der Waals surface area contributed by atoms with Gasteiger partial charge in [0.2, 0.25) is 5.95 Å². The Bertz CT molecular complexity index is 679. The molecule has 1 saturated heterocycles. The molecule has 0 radical (unpaired) electrons. The molecule has 3 rings (SSSR count). The minimum atomic E-state index is -0.829. The number of carbonyl (C=O) groups is 1. The molecule has 1 aliphatic rings. The molecule has 7 heteroatoms. The molecule has 0 saturated carbocycles. The number of nitrogens with zero attached hydrogens (tertiary/aromatic N) is 3. The van der Waals surface area contributed by atoms with Crippen LogP contribution in [0.15, 0.2) is 30.6 Å². The van der Waals surface area contributed by atoms with Crippen molar-refractivity contribution in [3.63, 3.8) is 0 Å². The zero-order valence-electron chi connectivity index (χ0n) is 12.4. The SMILES string of the molecule is O=C(Nc1c(F)cccc1F)c1cnc(N2CCCCC2)nc1. The van der Waals surface area contributed by atoms with E-state index in [1.807, 2.05) is 0 Å². The Morgan fingerprint density at radius 2 is 1.65 bits per heavy atom. The van der Waals surface area contributed by atoms with Crippen LogP contribution in [0.25, 0.3) is 0 Å². The summed E-state index contributed by atoms with van der Waals surface area (Å²) in [5.74, 6) is -1.74. The summed E-state index contributed by atoms with van der Waals surface area (Å²) in [6.07, 6.45) is 6.12. The van der Waals surface area contributed by atoms with Crippen LogP contribution in [-0.2, 0) is 0 Å². The molecule has 0 spiro atoms. The molecule has 0 aliphatic carbocycles. The van der Waals surface area contributed by atoms with Crippen molar-refractivity contribution in [1.82, 2.24) is 9.97 Å². The number of anilines is 2. The molecular weight excluding hydrogens is 302 g/mol. The smallest absolute Gasteiger partial charge is 0.258 e. The summed E-state index contributed by atoms with van der Waals surface area (Å²) in [6, 6.07) is 3.39. The molecule has 0 unspecified atom stereocenters. The van der Waals surface area contributed by atoms with Crippen molar-refractivity contribution in [1.29, 1.82) is 0 Å². The highest BCUT2D eigenvalue weighted by molar-refractivity contribution is 6.04. The van der Waals surface area contributed by atoms with E-state index >= 15 is 0 Å². The summed E-state index contributed by atoms with van der Waals surface area (Å²) in [7, 11) is 0. The van der Waals surface area contributed by atoms with Crippen molar-refractivity contribution in [2.45, 2.75) is 19.3 Å². The minimum absolute atomic E-state index is 0.147. The Balaban J connectivity index is 1.72. The quantitative estimate of drug-likeness (QED) is 0.945. The lowest BCUT2D eigenvalue weighted by molar-refractivity contribution is 0.102. The van der Waals surface area contributed by atoms with Crippen LogP contribution in [0.4, 0.5) is 20.4 Å². The van der Waals surface area contributed by atoms with Gasteiger partial charge in [-0.1, -0.05) is 6.07 Å². The van der Waals surface area contributed by atoms with Gasteiger partial charge in [0.1, 0.15) is 17.3 Å². The van der Waals surface area contributed by atoms with Gasteiger partial charge in [-0.2, -0.15) is 0 Å². The number of amides is 1. The number of piperidine rings is 1. The van der Waals surface area contributed by atoms with Crippen molar-refractivity contribution in [3.05, 3.63) is 47.8 Å². The average Bonchev–Trinajstić information content (AvgIpc) is 2.59. The topological polar surface area (TPSA) is 58.1 Å². The van der Waals surface area contributed by atoms with Gasteiger partial charge >= 0.3 is 0 Å². The molecular formula is C16H16F2N4O. The number of hydrogen-bond acceptors (Lipinski definition) is 4. The molecule has 23 heavy (non-hydrogen) atoms. The summed E-state index contributed by atoms with van der Waals surface area (Å²) in [5, 5.41) is 2.21. The second-order valence-corrected chi connectivity index (χ2v) is 5.37. The summed E-state index contributed by atoms with van der Waals surface area (Å²) < 4.78 is 27.1. The molecule has 0 atom stereocenters. The zero-order valence-corrected chi connectivity index (χ0v) is 12.4. The number of para-hydroxylation sites is 1. The predicted octanol–water partition coefficient (Wildman–Crippen LogP) is 3.00. The summed E-state index contributed by atoms with van der Waals surface area (Å²) >= 11 is 0. The largest absolute Gasteiger partial charge is 0.341 e. The van der Waals surface area contributed by atoms with Gasteiger partial charge in [-0.15, -0.1) is 0 Å². The first kappa shape index (κ1) is 15.3. The van der Waals surface area contributed by atoms with Crippen LogP contribution in [0, 0.1) is 11.6 Å². The normalized spacial score (nSPS) is 14.6. The molecule has 1 aromatic heterocycles. The summed E-state index contributed by atoms with van der Waals surface area (Å²) in [5.41, 5.74) is -0.328. The lowest BCUT2D eigenvalue weighted by atomic mass is 10.1. The minimum Gasteiger partial charge on any atom is -0.341 e. The number of nitrogens with one attached hydrogen (secondary N) is 1. The fourth-order valence-corrected chi connectivity index (χ4v) is 2.50. The van der Waals surface area contributed by atoms with Crippen LogP contribution >= 0.6 is 0 Å². The van der Waals surface area contributed by atoms with E-state index in [2.05, 4.69) is 20.2 Å². The summed E-state index contributed by atoms with van der Waals surface area (Å²) in [4.78, 5) is 22.5. The predicted molar refractivity (Wildman–Crippen MR) is 82.4 cm³/mol. The van der Waals surface area contributed by atoms with E-state index in [4.69, 9.17) is 0 Å². The van der Waals surface area contributed by atoms with E-state index in [9.17, 15) is 13.6 Å². The molecule has 1 N–H and O–H groups in total. The maximum atomic E-state index is 13.5. The lowest BCUT2D eigenvalue weighted by Crippen LogP contribution is -2.31. The number of hydrogen-bond donors (Lipinski definition) is 1. The number of carbonyl (C=O) groups excluding carboxylic acids is 1. The molecule has 1 amide bonds. The van der Waals surface area contributed by atoms with Gasteiger partial charge in [-0.05, 0) is 31.4 Å². The second-order valence-electron chi connectivity index (χ2n) is 5.37. The van der Waals surface area contributed by atoms with Gasteiger partial charge in [0, 0.05) is 25.5 Å². The maximum Gasteiger partial charge on any atom is 0.258 e. The Labute approximate surface area is 132 Å². The molecule has 0 bridgehead atoms. The van der Waals surface area contributed by atoms with E-state index in [-0.39, 0.29) is 5.56 Å². The molecule has 2 heterocycles. The van der Waals surface area contributed by atoms with Crippen molar-refractivity contribution in [2.24, 2.45) is 0 Å². The van der Waals surface area contributed by atoms with E-state index in [0.29, 0.717) is 5.95 Å². The van der Waals surface area contributed by atoms with Crippen LogP contribution in [0.5, 0.6) is 0 Å². The van der Waals surface area contributed by atoms with Gasteiger partial charge in [0.05, 0.1) is 5.56 Å². The first-order chi connectivity index (χ1) is 11.1. The van der Waals surface area contributed by atoms with Crippen LogP contribution in [-0.4, -0.2) is 29.0 Å². The fraction of sp³-hybridized carbons (Fsp3) is 0.312. The van der Waals surface area contributed by atoms with Crippen molar-refractivity contribution >= 4 is 17.5 Å². The third-order valence-electron chi connectivity index (χ3n) is 3.74. The third-order valence-corrected chi connectivity index (χ3v) is 3.74. The van der Waals surface area contributed by atoms with Gasteiger partial charge in [-0.25, -0.2) is 18.7 Å². The fourth-order valence-electron chi connectivity index (χ4n) is 2.50. The first-order valence-electron chi connectivity index (χ1n) is 7.47. The Hall–Kier alpha value is -2.57. The van der Waals surface area contributed by atoms with Gasteiger partial charge < -0.3 is 10.2 Å². The van der Waals surface area contributed by atoms with Crippen LogP contribution < -0.4 is 10.2 Å². The molecule has 1 aromatic carbocycles. The number of halogens is 2. The molecule has 1 aliphatic heterocycles. The summed E-state index contributed by atoms with van der Waals surface area (Å²) in [6.45, 7) is 1.79. The highest BCUT2D eigenvalue weighted by Gasteiger charge is 2.16. The van der Waals surface area contributed by atoms with E-state index in [1.54, 1.807) is 0 Å². The lowest BCUT2D eigenvalue weighted by Gasteiger charge is -2.26. The first-order valence-corrected chi connectivity index (χ1v) is 7.47. The van der Waals surface area contributed by atoms with E-state index < -0.39 is 23.2 Å².